The van der Waals surface area contributed by atoms with Gasteiger partial charge in [0.1, 0.15) is 17.0 Å². The smallest absolute Gasteiger partial charge is 0.475 e. The van der Waals surface area contributed by atoms with Gasteiger partial charge in [-0.2, -0.15) is 26.3 Å². The summed E-state index contributed by atoms with van der Waals surface area (Å²) in [7, 11) is 0. The van der Waals surface area contributed by atoms with Gasteiger partial charge >= 0.3 is 24.3 Å². The van der Waals surface area contributed by atoms with Crippen molar-refractivity contribution in [3.63, 3.8) is 0 Å². The van der Waals surface area contributed by atoms with Crippen molar-refractivity contribution < 1.29 is 55.3 Å². The summed E-state index contributed by atoms with van der Waals surface area (Å²) in [6.45, 7) is 8.54. The number of nitrogens with zero attached hydrogens (tertiary/aromatic N) is 4. The molecule has 2 N–H and O–H groups in total. The molecule has 1 spiro atoms. The molecule has 0 amide bonds. The Balaban J connectivity index is 0.000000301. The first-order valence-corrected chi connectivity index (χ1v) is 12.0. The molecule has 0 saturated carbocycles. The van der Waals surface area contributed by atoms with Gasteiger partial charge in [0.2, 0.25) is 5.13 Å². The molecule has 214 valence electrons. The minimum absolute atomic E-state index is 0.169. The van der Waals surface area contributed by atoms with Crippen LogP contribution in [0.5, 0.6) is 0 Å². The number of anilines is 1. The lowest BCUT2D eigenvalue weighted by atomic mass is 9.80. The summed E-state index contributed by atoms with van der Waals surface area (Å²) in [6, 6.07) is 4.13. The van der Waals surface area contributed by atoms with E-state index in [0.29, 0.717) is 0 Å². The quantitative estimate of drug-likeness (QED) is 0.521. The zero-order valence-electron chi connectivity index (χ0n) is 20.1. The van der Waals surface area contributed by atoms with Crippen LogP contribution in [0, 0.1) is 12.3 Å². The lowest BCUT2D eigenvalue weighted by molar-refractivity contribution is -0.193. The number of hydrogen-bond donors (Lipinski definition) is 2. The van der Waals surface area contributed by atoms with E-state index in [4.69, 9.17) is 29.0 Å². The fourth-order valence-corrected chi connectivity index (χ4v) is 4.53. The Bertz CT molecular complexity index is 1010. The molecule has 10 nitrogen and oxygen atoms in total. The molecular weight excluding hydrogens is 550 g/mol. The Labute approximate surface area is 216 Å². The average Bonchev–Trinajstić information content (AvgIpc) is 3.44. The third kappa shape index (κ3) is 10.1. The van der Waals surface area contributed by atoms with Crippen molar-refractivity contribution in [3.8, 4) is 0 Å². The molecule has 2 saturated heterocycles. The van der Waals surface area contributed by atoms with E-state index >= 15 is 0 Å². The number of rotatable bonds is 3. The Morgan fingerprint density at radius 3 is 2.21 bits per heavy atom. The number of halogens is 6. The van der Waals surface area contributed by atoms with E-state index < -0.39 is 24.3 Å². The normalized spacial score (nSPS) is 20.6. The number of aromatic nitrogens is 2. The van der Waals surface area contributed by atoms with Gasteiger partial charge in [0.25, 0.3) is 0 Å². The van der Waals surface area contributed by atoms with Crippen LogP contribution in [-0.2, 0) is 20.9 Å². The van der Waals surface area contributed by atoms with Crippen molar-refractivity contribution in [2.45, 2.75) is 38.7 Å². The van der Waals surface area contributed by atoms with Crippen LogP contribution in [-0.4, -0.2) is 89.0 Å². The van der Waals surface area contributed by atoms with E-state index in [0.717, 1.165) is 62.6 Å². The largest absolute Gasteiger partial charge is 0.490 e. The molecule has 38 heavy (non-hydrogen) atoms. The Hall–Kier alpha value is -2.92. The van der Waals surface area contributed by atoms with Crippen molar-refractivity contribution in [1.29, 1.82) is 0 Å². The molecule has 2 fully saturated rings. The molecule has 2 aliphatic heterocycles. The molecule has 2 aromatic rings. The van der Waals surface area contributed by atoms with Crippen molar-refractivity contribution in [1.82, 2.24) is 15.1 Å². The summed E-state index contributed by atoms with van der Waals surface area (Å²) in [5.74, 6) is -3.47. The number of ether oxygens (including phenoxy) is 1. The summed E-state index contributed by atoms with van der Waals surface area (Å²) in [4.78, 5) is 22.7. The van der Waals surface area contributed by atoms with Crippen molar-refractivity contribution in [3.05, 3.63) is 29.2 Å². The number of hydrogen-bond acceptors (Lipinski definition) is 9. The van der Waals surface area contributed by atoms with Gasteiger partial charge in [0.05, 0.1) is 19.8 Å². The first kappa shape index (κ1) is 31.3. The standard InChI is InChI=1S/C17H24N4O2S.2C2HF3O2/c1-14-3-4-15(23-14)9-20-6-2-5-17(10-20)11-21(7-8-22-12-17)16-19-18-13-24-16;2*3-2(4,5)1(6)7/h3-4,13H,2,5-12H2,1H3;2*(H,6,7). The molecule has 0 aromatic carbocycles. The lowest BCUT2D eigenvalue weighted by Gasteiger charge is -2.43. The fraction of sp³-hybridized carbons (Fsp3) is 0.619. The monoisotopic (exact) mass is 576 g/mol. The molecular formula is C21H26F6N4O6S. The number of aliphatic carboxylic acids is 2. The van der Waals surface area contributed by atoms with Crippen molar-refractivity contribution >= 4 is 28.4 Å². The van der Waals surface area contributed by atoms with Gasteiger partial charge in [-0.05, 0) is 38.4 Å². The Morgan fingerprint density at radius 1 is 1.08 bits per heavy atom. The predicted octanol–water partition coefficient (Wildman–Crippen LogP) is 3.83. The fourth-order valence-electron chi connectivity index (χ4n) is 3.94. The maximum Gasteiger partial charge on any atom is 0.490 e. The van der Waals surface area contributed by atoms with Gasteiger partial charge in [-0.3, -0.25) is 4.90 Å². The van der Waals surface area contributed by atoms with Crippen molar-refractivity contribution in [2.24, 2.45) is 5.41 Å². The first-order chi connectivity index (χ1) is 17.6. The van der Waals surface area contributed by atoms with Crippen molar-refractivity contribution in [2.75, 3.05) is 44.3 Å². The van der Waals surface area contributed by atoms with E-state index in [-0.39, 0.29) is 5.41 Å². The van der Waals surface area contributed by atoms with Gasteiger partial charge in [-0.25, -0.2) is 9.59 Å². The minimum Gasteiger partial charge on any atom is -0.475 e. The van der Waals surface area contributed by atoms with E-state index in [1.807, 2.05) is 13.0 Å². The van der Waals surface area contributed by atoms with Crippen LogP contribution < -0.4 is 4.90 Å². The molecule has 4 rings (SSSR count). The number of carboxylic acids is 2. The number of aryl methyl sites for hydroxylation is 1. The third-order valence-electron chi connectivity index (χ3n) is 5.46. The number of carboxylic acid groups (broad SMARTS) is 2. The maximum atomic E-state index is 10.6. The Kier molecular flexibility index (Phi) is 10.9. The second-order valence-corrected chi connectivity index (χ2v) is 9.44. The van der Waals surface area contributed by atoms with Crippen LogP contribution in [0.1, 0.15) is 24.4 Å². The summed E-state index contributed by atoms with van der Waals surface area (Å²) < 4.78 is 75.2. The highest BCUT2D eigenvalue weighted by Gasteiger charge is 2.40. The average molecular weight is 577 g/mol. The van der Waals surface area contributed by atoms with Gasteiger partial charge in [-0.15, -0.1) is 10.2 Å². The molecule has 1 atom stereocenters. The highest BCUT2D eigenvalue weighted by atomic mass is 32.1. The molecule has 1 unspecified atom stereocenters. The van der Waals surface area contributed by atoms with Gasteiger partial charge in [0, 0.05) is 25.0 Å². The number of alkyl halides is 6. The maximum absolute atomic E-state index is 10.6. The van der Waals surface area contributed by atoms with E-state index in [9.17, 15) is 26.3 Å². The van der Waals surface area contributed by atoms with Crippen LogP contribution in [0.3, 0.4) is 0 Å². The molecule has 0 aliphatic carbocycles. The van der Waals surface area contributed by atoms with Crippen LogP contribution >= 0.6 is 11.3 Å². The lowest BCUT2D eigenvalue weighted by Crippen LogP contribution is -2.50. The van der Waals surface area contributed by atoms with Crippen LogP contribution in [0.2, 0.25) is 0 Å². The van der Waals surface area contributed by atoms with E-state index in [1.165, 1.54) is 12.8 Å². The topological polar surface area (TPSA) is 129 Å². The molecule has 2 aliphatic rings. The molecule has 4 heterocycles. The van der Waals surface area contributed by atoms with Gasteiger partial charge in [-0.1, -0.05) is 11.3 Å². The highest BCUT2D eigenvalue weighted by molar-refractivity contribution is 7.13. The summed E-state index contributed by atoms with van der Waals surface area (Å²) in [6.07, 6.45) is -7.76. The van der Waals surface area contributed by atoms with Gasteiger partial charge in [0.15, 0.2) is 0 Å². The van der Waals surface area contributed by atoms with Crippen LogP contribution in [0.25, 0.3) is 0 Å². The van der Waals surface area contributed by atoms with Crippen LogP contribution in [0.15, 0.2) is 22.1 Å². The molecule has 0 radical (unpaired) electrons. The minimum atomic E-state index is -5.08. The zero-order valence-corrected chi connectivity index (χ0v) is 20.9. The Morgan fingerprint density at radius 2 is 1.71 bits per heavy atom. The third-order valence-corrected chi connectivity index (χ3v) is 6.21. The van der Waals surface area contributed by atoms with Crippen LogP contribution in [0.4, 0.5) is 31.5 Å². The molecule has 2 aromatic heterocycles. The first-order valence-electron chi connectivity index (χ1n) is 11.1. The summed E-state index contributed by atoms with van der Waals surface area (Å²) >= 11 is 1.61. The van der Waals surface area contributed by atoms with E-state index in [2.05, 4.69) is 26.1 Å². The highest BCUT2D eigenvalue weighted by Crippen LogP contribution is 2.35. The number of carbonyl (C=O) groups is 2. The summed E-state index contributed by atoms with van der Waals surface area (Å²) in [5.41, 5.74) is 1.97. The molecule has 17 heteroatoms. The number of likely N-dealkylation sites (tertiary alicyclic amines) is 1. The number of piperidine rings is 1. The summed E-state index contributed by atoms with van der Waals surface area (Å²) in [5, 5.41) is 23.5. The second kappa shape index (κ2) is 13.2. The second-order valence-electron chi connectivity index (χ2n) is 8.63. The number of furan rings is 1. The molecule has 0 bridgehead atoms. The predicted molar refractivity (Wildman–Crippen MR) is 121 cm³/mol. The van der Waals surface area contributed by atoms with Gasteiger partial charge < -0.3 is 24.3 Å². The SMILES string of the molecule is Cc1ccc(CN2CCCC3(COCCN(c4nncs4)C3)C2)o1.O=C(O)C(F)(F)F.O=C(O)C(F)(F)F. The zero-order chi connectivity index (χ0) is 28.6. The van der Waals surface area contributed by atoms with E-state index in [1.54, 1.807) is 16.8 Å².